The Morgan fingerprint density at radius 3 is 2.68 bits per heavy atom. The molecule has 2 rings (SSSR count). The molecular formula is C13H15F3N2O. The van der Waals surface area contributed by atoms with Gasteiger partial charge in [0.25, 0.3) is 0 Å². The lowest BCUT2D eigenvalue weighted by molar-refractivity contribution is -0.141. The quantitative estimate of drug-likeness (QED) is 0.914. The number of nitrogens with zero attached hydrogens (tertiary/aromatic N) is 1. The zero-order valence-corrected chi connectivity index (χ0v) is 10.5. The standard InChI is InChI=1S/C13H15F3N2O/c1-9-3-2-4-11(5-9)18-6-10(7-18)12(19)17-8-13(14,15)16/h2-5,10H,6-8H2,1H3,(H,17,19). The fourth-order valence-corrected chi connectivity index (χ4v) is 2.01. The van der Waals surface area contributed by atoms with Crippen molar-refractivity contribution in [3.05, 3.63) is 29.8 Å². The maximum absolute atomic E-state index is 12.0. The number of rotatable bonds is 3. The number of halogens is 3. The van der Waals surface area contributed by atoms with Gasteiger partial charge in [0.15, 0.2) is 0 Å². The van der Waals surface area contributed by atoms with E-state index in [2.05, 4.69) is 0 Å². The molecule has 1 heterocycles. The van der Waals surface area contributed by atoms with Crippen LogP contribution in [-0.4, -0.2) is 31.7 Å². The van der Waals surface area contributed by atoms with Crippen LogP contribution in [0.4, 0.5) is 18.9 Å². The zero-order chi connectivity index (χ0) is 14.0. The Kier molecular flexibility index (Phi) is 3.68. The van der Waals surface area contributed by atoms with E-state index < -0.39 is 18.6 Å². The summed E-state index contributed by atoms with van der Waals surface area (Å²) in [4.78, 5) is 13.5. The van der Waals surface area contributed by atoms with Gasteiger partial charge in [-0.1, -0.05) is 12.1 Å². The topological polar surface area (TPSA) is 32.3 Å². The molecule has 6 heteroatoms. The molecule has 0 spiro atoms. The number of anilines is 1. The van der Waals surface area contributed by atoms with Crippen molar-refractivity contribution in [3.8, 4) is 0 Å². The maximum Gasteiger partial charge on any atom is 0.405 e. The number of alkyl halides is 3. The van der Waals surface area contributed by atoms with Gasteiger partial charge >= 0.3 is 6.18 Å². The van der Waals surface area contributed by atoms with Crippen LogP contribution >= 0.6 is 0 Å². The lowest BCUT2D eigenvalue weighted by atomic mass is 9.98. The summed E-state index contributed by atoms with van der Waals surface area (Å²) < 4.78 is 35.9. The number of amides is 1. The van der Waals surface area contributed by atoms with Crippen molar-refractivity contribution in [2.45, 2.75) is 13.1 Å². The molecule has 1 amide bonds. The van der Waals surface area contributed by atoms with Crippen LogP contribution in [-0.2, 0) is 4.79 Å². The highest BCUT2D eigenvalue weighted by Gasteiger charge is 2.35. The number of carbonyl (C=O) groups is 1. The van der Waals surface area contributed by atoms with Crippen LogP contribution in [0, 0.1) is 12.8 Å². The lowest BCUT2D eigenvalue weighted by Gasteiger charge is -2.40. The predicted octanol–water partition coefficient (Wildman–Crippen LogP) is 2.11. The summed E-state index contributed by atoms with van der Waals surface area (Å²) in [7, 11) is 0. The minimum atomic E-state index is -4.35. The highest BCUT2D eigenvalue weighted by Crippen LogP contribution is 2.25. The summed E-state index contributed by atoms with van der Waals surface area (Å²) >= 11 is 0. The lowest BCUT2D eigenvalue weighted by Crippen LogP contribution is -2.54. The van der Waals surface area contributed by atoms with E-state index in [1.165, 1.54) is 0 Å². The SMILES string of the molecule is Cc1cccc(N2CC(C(=O)NCC(F)(F)F)C2)c1. The first-order valence-electron chi connectivity index (χ1n) is 6.01. The molecule has 0 unspecified atom stereocenters. The van der Waals surface area contributed by atoms with Gasteiger partial charge in [-0.25, -0.2) is 0 Å². The van der Waals surface area contributed by atoms with Crippen LogP contribution in [0.5, 0.6) is 0 Å². The molecule has 104 valence electrons. The molecule has 1 aromatic carbocycles. The Labute approximate surface area is 109 Å². The van der Waals surface area contributed by atoms with Gasteiger partial charge in [-0.2, -0.15) is 13.2 Å². The van der Waals surface area contributed by atoms with Gasteiger partial charge in [0, 0.05) is 18.8 Å². The second-order valence-corrected chi connectivity index (χ2v) is 4.77. The van der Waals surface area contributed by atoms with Crippen molar-refractivity contribution in [1.82, 2.24) is 5.32 Å². The molecule has 0 atom stereocenters. The molecule has 19 heavy (non-hydrogen) atoms. The van der Waals surface area contributed by atoms with E-state index in [4.69, 9.17) is 0 Å². The first kappa shape index (κ1) is 13.7. The normalized spacial score (nSPS) is 16.1. The Hall–Kier alpha value is -1.72. The molecule has 1 saturated heterocycles. The number of hydrogen-bond acceptors (Lipinski definition) is 2. The number of carbonyl (C=O) groups excluding carboxylic acids is 1. The van der Waals surface area contributed by atoms with E-state index in [9.17, 15) is 18.0 Å². The van der Waals surface area contributed by atoms with Gasteiger partial charge in [0.05, 0.1) is 5.92 Å². The van der Waals surface area contributed by atoms with Crippen molar-refractivity contribution in [3.63, 3.8) is 0 Å². The molecule has 3 nitrogen and oxygen atoms in total. The van der Waals surface area contributed by atoms with Crippen LogP contribution < -0.4 is 10.2 Å². The maximum atomic E-state index is 12.0. The summed E-state index contributed by atoms with van der Waals surface area (Å²) in [6.07, 6.45) is -4.35. The van der Waals surface area contributed by atoms with E-state index in [-0.39, 0.29) is 5.92 Å². The zero-order valence-electron chi connectivity index (χ0n) is 10.5. The Morgan fingerprint density at radius 2 is 2.11 bits per heavy atom. The summed E-state index contributed by atoms with van der Waals surface area (Å²) in [6, 6.07) is 7.80. The fourth-order valence-electron chi connectivity index (χ4n) is 2.01. The molecule has 0 radical (unpaired) electrons. The van der Waals surface area contributed by atoms with Crippen molar-refractivity contribution < 1.29 is 18.0 Å². The van der Waals surface area contributed by atoms with E-state index in [0.29, 0.717) is 13.1 Å². The molecule has 1 aromatic rings. The van der Waals surface area contributed by atoms with Crippen molar-refractivity contribution >= 4 is 11.6 Å². The highest BCUT2D eigenvalue weighted by molar-refractivity contribution is 5.82. The second kappa shape index (κ2) is 5.11. The molecule has 0 saturated carbocycles. The summed E-state index contributed by atoms with van der Waals surface area (Å²) in [6.45, 7) is 1.64. The monoisotopic (exact) mass is 272 g/mol. The second-order valence-electron chi connectivity index (χ2n) is 4.77. The Balaban J connectivity index is 1.81. The number of nitrogens with one attached hydrogen (secondary N) is 1. The number of hydrogen-bond donors (Lipinski definition) is 1. The minimum Gasteiger partial charge on any atom is -0.370 e. The Bertz CT molecular complexity index is 467. The molecule has 0 aliphatic carbocycles. The third kappa shape index (κ3) is 3.62. The van der Waals surface area contributed by atoms with E-state index in [0.717, 1.165) is 11.3 Å². The molecule has 1 fully saturated rings. The molecule has 0 bridgehead atoms. The van der Waals surface area contributed by atoms with Crippen LogP contribution in [0.3, 0.4) is 0 Å². The van der Waals surface area contributed by atoms with Gasteiger partial charge in [-0.3, -0.25) is 4.79 Å². The smallest absolute Gasteiger partial charge is 0.370 e. The molecule has 0 aromatic heterocycles. The van der Waals surface area contributed by atoms with Crippen molar-refractivity contribution in [1.29, 1.82) is 0 Å². The first-order valence-corrected chi connectivity index (χ1v) is 6.01. The highest BCUT2D eigenvalue weighted by atomic mass is 19.4. The average Bonchev–Trinajstić information content (AvgIpc) is 2.23. The summed E-state index contributed by atoms with van der Waals surface area (Å²) in [5, 5.41) is 1.92. The third-order valence-corrected chi connectivity index (χ3v) is 3.08. The van der Waals surface area contributed by atoms with Crippen molar-refractivity contribution in [2.24, 2.45) is 5.92 Å². The summed E-state index contributed by atoms with van der Waals surface area (Å²) in [5.41, 5.74) is 2.11. The first-order chi connectivity index (χ1) is 8.85. The minimum absolute atomic E-state index is 0.358. The van der Waals surface area contributed by atoms with Crippen LogP contribution in [0.15, 0.2) is 24.3 Å². The predicted molar refractivity (Wildman–Crippen MR) is 65.9 cm³/mol. The molecular weight excluding hydrogens is 257 g/mol. The van der Waals surface area contributed by atoms with Gasteiger partial charge < -0.3 is 10.2 Å². The fraction of sp³-hybridized carbons (Fsp3) is 0.462. The molecule has 1 aliphatic heterocycles. The van der Waals surface area contributed by atoms with Gasteiger partial charge in [0.2, 0.25) is 5.91 Å². The largest absolute Gasteiger partial charge is 0.405 e. The van der Waals surface area contributed by atoms with E-state index in [1.54, 1.807) is 0 Å². The van der Waals surface area contributed by atoms with Gasteiger partial charge in [-0.15, -0.1) is 0 Å². The number of aryl methyl sites for hydroxylation is 1. The molecule has 1 aliphatic rings. The van der Waals surface area contributed by atoms with Gasteiger partial charge in [-0.05, 0) is 24.6 Å². The van der Waals surface area contributed by atoms with E-state index >= 15 is 0 Å². The van der Waals surface area contributed by atoms with Crippen LogP contribution in [0.2, 0.25) is 0 Å². The number of benzene rings is 1. The Morgan fingerprint density at radius 1 is 1.42 bits per heavy atom. The van der Waals surface area contributed by atoms with Gasteiger partial charge in [0.1, 0.15) is 6.54 Å². The molecule has 1 N–H and O–H groups in total. The van der Waals surface area contributed by atoms with Crippen LogP contribution in [0.1, 0.15) is 5.56 Å². The van der Waals surface area contributed by atoms with E-state index in [1.807, 2.05) is 41.4 Å². The van der Waals surface area contributed by atoms with Crippen molar-refractivity contribution in [2.75, 3.05) is 24.5 Å². The third-order valence-electron chi connectivity index (χ3n) is 3.08. The average molecular weight is 272 g/mol. The summed E-state index contributed by atoms with van der Waals surface area (Å²) in [5.74, 6) is -0.885. The van der Waals surface area contributed by atoms with Crippen LogP contribution in [0.25, 0.3) is 0 Å².